The molecule has 2 fully saturated rings. The first kappa shape index (κ1) is 24.3. The topological polar surface area (TPSA) is 101 Å². The van der Waals surface area contributed by atoms with Crippen molar-refractivity contribution < 1.29 is 36.3 Å². The van der Waals surface area contributed by atoms with Crippen molar-refractivity contribution in [3.63, 3.8) is 0 Å². The van der Waals surface area contributed by atoms with Gasteiger partial charge in [0.15, 0.2) is 27.3 Å². The van der Waals surface area contributed by atoms with Crippen LogP contribution in [0.5, 0.6) is 0 Å². The third-order valence-electron chi connectivity index (χ3n) is 6.31. The molecule has 2 atom stereocenters. The van der Waals surface area contributed by atoms with Crippen LogP contribution >= 0.6 is 11.6 Å². The second-order valence-electron chi connectivity index (χ2n) is 8.51. The molecule has 4 rings (SSSR count). The Morgan fingerprint density at radius 1 is 1.03 bits per heavy atom. The number of aliphatic carboxylic acids is 1. The van der Waals surface area contributed by atoms with Gasteiger partial charge in [0.1, 0.15) is 0 Å². The van der Waals surface area contributed by atoms with E-state index in [0.717, 1.165) is 12.1 Å². The maximum atomic E-state index is 13.6. The highest BCUT2D eigenvalue weighted by atomic mass is 35.5. The van der Waals surface area contributed by atoms with Crippen LogP contribution in [0.3, 0.4) is 0 Å². The molecule has 2 aliphatic rings. The zero-order chi connectivity index (χ0) is 24.8. The lowest BCUT2D eigenvalue weighted by Crippen LogP contribution is -2.35. The summed E-state index contributed by atoms with van der Waals surface area (Å²) in [6.45, 7) is 0. The predicted molar refractivity (Wildman–Crippen MR) is 118 cm³/mol. The number of allylic oxidation sites excluding steroid dienone is 1. The normalized spacial score (nSPS) is 21.9. The van der Waals surface area contributed by atoms with E-state index in [2.05, 4.69) is 5.32 Å². The Labute approximate surface area is 198 Å². The number of nitrogens with one attached hydrogen (secondary N) is 1. The fourth-order valence-corrected chi connectivity index (χ4v) is 7.82. The summed E-state index contributed by atoms with van der Waals surface area (Å²) in [4.78, 5) is 23.4. The molecule has 2 N–H and O–H groups in total. The first-order chi connectivity index (χ1) is 16.0. The largest absolute Gasteiger partial charge is 0.478 e. The highest BCUT2D eigenvalue weighted by molar-refractivity contribution is 7.92. The van der Waals surface area contributed by atoms with E-state index in [1.807, 2.05) is 0 Å². The first-order valence-corrected chi connectivity index (χ1v) is 12.3. The number of halogens is 4. The molecule has 2 bridgehead atoms. The fraction of sp³-hybridized carbons (Fsp3) is 0.304. The number of rotatable bonds is 5. The SMILES string of the molecule is O=C(O)C=C1CC2CCC(C1)C2S(=O)(=O)c1cc(C(=O)Nc2cc(F)c(F)c(F)c2)ccc1Cl. The summed E-state index contributed by atoms with van der Waals surface area (Å²) in [6, 6.07) is 4.81. The number of anilines is 1. The zero-order valence-electron chi connectivity index (χ0n) is 17.5. The first-order valence-electron chi connectivity index (χ1n) is 10.4. The Morgan fingerprint density at radius 3 is 2.18 bits per heavy atom. The van der Waals surface area contributed by atoms with Crippen molar-refractivity contribution in [3.8, 4) is 0 Å². The van der Waals surface area contributed by atoms with Crippen molar-refractivity contribution in [2.75, 3.05) is 5.32 Å². The van der Waals surface area contributed by atoms with E-state index < -0.39 is 44.4 Å². The van der Waals surface area contributed by atoms with Gasteiger partial charge in [0, 0.05) is 29.5 Å². The van der Waals surface area contributed by atoms with Crippen LogP contribution < -0.4 is 5.32 Å². The Morgan fingerprint density at radius 2 is 1.62 bits per heavy atom. The molecule has 2 aromatic carbocycles. The van der Waals surface area contributed by atoms with Gasteiger partial charge in [-0.05, 0) is 55.7 Å². The number of amides is 1. The van der Waals surface area contributed by atoms with Gasteiger partial charge < -0.3 is 10.4 Å². The monoisotopic (exact) mass is 513 g/mol. The standard InChI is InChI=1S/C23H19ClF3NO5S/c24-16-4-3-14(23(31)28-15-9-17(25)21(27)18(26)10-15)8-19(16)34(32,33)22-12-1-2-13(22)6-11(5-12)7-20(29)30/h3-4,7-10,12-13,22H,1-2,5-6H2,(H,28,31)(H,29,30). The van der Waals surface area contributed by atoms with Gasteiger partial charge in [-0.1, -0.05) is 17.2 Å². The van der Waals surface area contributed by atoms with Gasteiger partial charge in [0.25, 0.3) is 5.91 Å². The lowest BCUT2D eigenvalue weighted by Gasteiger charge is -2.31. The maximum Gasteiger partial charge on any atom is 0.328 e. The molecule has 0 heterocycles. The molecule has 6 nitrogen and oxygen atoms in total. The Bertz CT molecular complexity index is 1290. The summed E-state index contributed by atoms with van der Waals surface area (Å²) in [6.07, 6.45) is 3.10. The van der Waals surface area contributed by atoms with Gasteiger partial charge >= 0.3 is 5.97 Å². The minimum atomic E-state index is -3.98. The minimum Gasteiger partial charge on any atom is -0.478 e. The molecule has 2 aliphatic carbocycles. The predicted octanol–water partition coefficient (Wildman–Crippen LogP) is 4.98. The number of carboxylic acid groups (broad SMARTS) is 1. The Hall–Kier alpha value is -2.85. The number of carbonyl (C=O) groups is 2. The average Bonchev–Trinajstić information content (AvgIpc) is 3.03. The van der Waals surface area contributed by atoms with Gasteiger partial charge in [0.05, 0.1) is 15.2 Å². The second-order valence-corrected chi connectivity index (χ2v) is 11.0. The molecule has 180 valence electrons. The third kappa shape index (κ3) is 4.56. The lowest BCUT2D eigenvalue weighted by atomic mass is 9.84. The number of hydrogen-bond donors (Lipinski definition) is 2. The molecule has 1 amide bonds. The highest BCUT2D eigenvalue weighted by Gasteiger charge is 2.48. The quantitative estimate of drug-likeness (QED) is 0.433. The van der Waals surface area contributed by atoms with Crippen molar-refractivity contribution in [2.45, 2.75) is 35.8 Å². The van der Waals surface area contributed by atoms with Crippen LogP contribution in [-0.4, -0.2) is 30.7 Å². The van der Waals surface area contributed by atoms with Crippen molar-refractivity contribution in [3.05, 3.63) is 70.0 Å². The van der Waals surface area contributed by atoms with E-state index in [-0.39, 0.29) is 33.0 Å². The summed E-state index contributed by atoms with van der Waals surface area (Å²) in [5.74, 6) is -7.13. The van der Waals surface area contributed by atoms with Crippen LogP contribution in [0.25, 0.3) is 0 Å². The average molecular weight is 514 g/mol. The van der Waals surface area contributed by atoms with E-state index in [4.69, 9.17) is 16.7 Å². The Balaban J connectivity index is 1.62. The van der Waals surface area contributed by atoms with E-state index in [1.54, 1.807) is 0 Å². The van der Waals surface area contributed by atoms with Crippen LogP contribution in [0.2, 0.25) is 5.02 Å². The number of carboxylic acids is 1. The molecule has 11 heteroatoms. The summed E-state index contributed by atoms with van der Waals surface area (Å²) >= 11 is 6.20. The molecule has 0 radical (unpaired) electrons. The number of sulfone groups is 1. The minimum absolute atomic E-state index is 0.0818. The Kier molecular flexibility index (Phi) is 6.48. The summed E-state index contributed by atoms with van der Waals surface area (Å²) in [7, 11) is -3.98. The smallest absolute Gasteiger partial charge is 0.328 e. The van der Waals surface area contributed by atoms with Crippen LogP contribution in [0, 0.1) is 29.3 Å². The number of hydrogen-bond acceptors (Lipinski definition) is 4. The maximum absolute atomic E-state index is 13.6. The molecular formula is C23H19ClF3NO5S. The molecule has 34 heavy (non-hydrogen) atoms. The highest BCUT2D eigenvalue weighted by Crippen LogP contribution is 2.50. The lowest BCUT2D eigenvalue weighted by molar-refractivity contribution is -0.131. The number of carbonyl (C=O) groups excluding carboxylic acids is 1. The zero-order valence-corrected chi connectivity index (χ0v) is 19.1. The van der Waals surface area contributed by atoms with Crippen LogP contribution in [0.1, 0.15) is 36.0 Å². The van der Waals surface area contributed by atoms with Crippen molar-refractivity contribution >= 4 is 39.0 Å². The summed E-state index contributed by atoms with van der Waals surface area (Å²) in [5, 5.41) is 10.4. The molecular weight excluding hydrogens is 495 g/mol. The molecule has 0 spiro atoms. The van der Waals surface area contributed by atoms with Crippen LogP contribution in [-0.2, 0) is 14.6 Å². The van der Waals surface area contributed by atoms with Crippen molar-refractivity contribution in [2.24, 2.45) is 11.8 Å². The molecule has 2 saturated carbocycles. The van der Waals surface area contributed by atoms with Gasteiger partial charge in [-0.2, -0.15) is 0 Å². The van der Waals surface area contributed by atoms with E-state index in [0.29, 0.717) is 43.4 Å². The van der Waals surface area contributed by atoms with Crippen LogP contribution in [0.15, 0.2) is 46.9 Å². The van der Waals surface area contributed by atoms with Gasteiger partial charge in [-0.15, -0.1) is 0 Å². The van der Waals surface area contributed by atoms with Gasteiger partial charge in [-0.25, -0.2) is 26.4 Å². The number of fused-ring (bicyclic) bond motifs is 2. The van der Waals surface area contributed by atoms with E-state index in [1.165, 1.54) is 12.1 Å². The molecule has 0 aliphatic heterocycles. The van der Waals surface area contributed by atoms with E-state index >= 15 is 0 Å². The van der Waals surface area contributed by atoms with Crippen LogP contribution in [0.4, 0.5) is 18.9 Å². The summed E-state index contributed by atoms with van der Waals surface area (Å²) in [5.41, 5.74) is 0.232. The van der Waals surface area contributed by atoms with Gasteiger partial charge in [0.2, 0.25) is 0 Å². The van der Waals surface area contributed by atoms with E-state index in [9.17, 15) is 31.2 Å². The van der Waals surface area contributed by atoms with Crippen molar-refractivity contribution in [1.29, 1.82) is 0 Å². The molecule has 0 aromatic heterocycles. The molecule has 2 aromatic rings. The molecule has 2 unspecified atom stereocenters. The number of benzene rings is 2. The fourth-order valence-electron chi connectivity index (χ4n) is 4.97. The molecule has 0 saturated heterocycles. The second kappa shape index (κ2) is 9.07. The summed E-state index contributed by atoms with van der Waals surface area (Å²) < 4.78 is 67.2. The third-order valence-corrected chi connectivity index (χ3v) is 9.19. The van der Waals surface area contributed by atoms with Gasteiger partial charge in [-0.3, -0.25) is 4.79 Å². The van der Waals surface area contributed by atoms with Crippen molar-refractivity contribution in [1.82, 2.24) is 0 Å².